The number of carboxylic acid groups (broad SMARTS) is 1. The lowest BCUT2D eigenvalue weighted by Crippen LogP contribution is -2.28. The Morgan fingerprint density at radius 3 is 2.54 bits per heavy atom. The van der Waals surface area contributed by atoms with Gasteiger partial charge in [-0.3, -0.25) is 9.20 Å². The van der Waals surface area contributed by atoms with Crippen molar-refractivity contribution in [1.82, 2.24) is 19.4 Å². The van der Waals surface area contributed by atoms with Crippen LogP contribution in [0.2, 0.25) is 0 Å². The molecule has 4 aromatic rings. The highest BCUT2D eigenvalue weighted by atomic mass is 19.1. The summed E-state index contributed by atoms with van der Waals surface area (Å²) in [4.78, 5) is 37.6. The number of ether oxygens (including phenoxy) is 1. The largest absolute Gasteiger partial charge is 0.485 e. The summed E-state index contributed by atoms with van der Waals surface area (Å²) in [6.07, 6.45) is 1.65. The van der Waals surface area contributed by atoms with Crippen LogP contribution in [0.15, 0.2) is 36.5 Å². The molecule has 1 amide bonds. The fraction of sp³-hybridized carbons (Fsp3) is 0.208. The molecular formula is C24H19F2N5O4. The van der Waals surface area contributed by atoms with Crippen molar-refractivity contribution < 1.29 is 28.2 Å². The van der Waals surface area contributed by atoms with Crippen molar-refractivity contribution in [3.63, 3.8) is 0 Å². The van der Waals surface area contributed by atoms with E-state index in [1.54, 1.807) is 43.5 Å². The van der Waals surface area contributed by atoms with Crippen LogP contribution in [-0.2, 0) is 16.8 Å². The Morgan fingerprint density at radius 2 is 1.86 bits per heavy atom. The number of hydrogen-bond acceptors (Lipinski definition) is 6. The monoisotopic (exact) mass is 479 g/mol. The number of pyridine rings is 1. The molecule has 5 rings (SSSR count). The molecule has 11 heteroatoms. The van der Waals surface area contributed by atoms with Gasteiger partial charge < -0.3 is 15.2 Å². The molecular weight excluding hydrogens is 460 g/mol. The number of aromatic nitrogens is 4. The quantitative estimate of drug-likeness (QED) is 0.446. The summed E-state index contributed by atoms with van der Waals surface area (Å²) in [5, 5.41) is 12.4. The first-order chi connectivity index (χ1) is 16.6. The van der Waals surface area contributed by atoms with Gasteiger partial charge in [-0.15, -0.1) is 0 Å². The molecule has 35 heavy (non-hydrogen) atoms. The van der Waals surface area contributed by atoms with Crippen LogP contribution in [0.3, 0.4) is 0 Å². The first-order valence-electron chi connectivity index (χ1n) is 10.6. The summed E-state index contributed by atoms with van der Waals surface area (Å²) in [5.41, 5.74) is -0.249. The van der Waals surface area contributed by atoms with E-state index in [9.17, 15) is 23.5 Å². The van der Waals surface area contributed by atoms with Gasteiger partial charge in [0.2, 0.25) is 5.91 Å². The van der Waals surface area contributed by atoms with Crippen LogP contribution in [0, 0.1) is 18.6 Å². The number of carbonyl (C=O) groups is 2. The molecule has 1 aliphatic rings. The Balaban J connectivity index is 1.61. The van der Waals surface area contributed by atoms with E-state index < -0.39 is 23.0 Å². The molecule has 0 fully saturated rings. The molecule has 0 aliphatic carbocycles. The number of carbonyl (C=O) groups excluding carboxylic acids is 1. The van der Waals surface area contributed by atoms with E-state index in [0.29, 0.717) is 17.0 Å². The van der Waals surface area contributed by atoms with Gasteiger partial charge in [-0.05, 0) is 45.0 Å². The van der Waals surface area contributed by atoms with Crippen LogP contribution >= 0.6 is 0 Å². The smallest absolute Gasteiger partial charge is 0.355 e. The number of aryl methyl sites for hydroxylation is 1. The van der Waals surface area contributed by atoms with E-state index >= 15 is 0 Å². The molecule has 1 aromatic carbocycles. The highest BCUT2D eigenvalue weighted by Gasteiger charge is 2.44. The van der Waals surface area contributed by atoms with Crippen molar-refractivity contribution in [2.45, 2.75) is 32.8 Å². The molecule has 3 aromatic heterocycles. The van der Waals surface area contributed by atoms with Crippen LogP contribution in [0.5, 0.6) is 5.75 Å². The second-order valence-corrected chi connectivity index (χ2v) is 8.60. The second-order valence-electron chi connectivity index (χ2n) is 8.60. The number of rotatable bonds is 5. The average Bonchev–Trinajstić information content (AvgIpc) is 3.25. The molecule has 0 unspecified atom stereocenters. The number of nitrogens with one attached hydrogen (secondary N) is 1. The van der Waals surface area contributed by atoms with Gasteiger partial charge in [-0.1, -0.05) is 6.07 Å². The van der Waals surface area contributed by atoms with Gasteiger partial charge in [0.25, 0.3) is 0 Å². The summed E-state index contributed by atoms with van der Waals surface area (Å²) in [6, 6.07) is 6.79. The number of hydrogen-bond donors (Lipinski definition) is 2. The molecule has 1 aliphatic heterocycles. The van der Waals surface area contributed by atoms with Gasteiger partial charge in [0, 0.05) is 11.8 Å². The summed E-state index contributed by atoms with van der Waals surface area (Å²) in [5.74, 6) is -2.71. The number of amides is 1. The number of anilines is 1. The number of fused-ring (bicyclic) bond motifs is 2. The van der Waals surface area contributed by atoms with Crippen LogP contribution in [0.4, 0.5) is 14.6 Å². The zero-order valence-electron chi connectivity index (χ0n) is 18.9. The fourth-order valence-corrected chi connectivity index (χ4v) is 4.14. The first kappa shape index (κ1) is 22.4. The van der Waals surface area contributed by atoms with E-state index in [0.717, 1.165) is 12.1 Å². The standard InChI is InChI=1S/C24H19F2N5O4/c1-11-18(20-28-17(22(32)33)16-19(29-20)30-23(34)24(16,2)3)31-9-5-8-15(21(31)27-11)35-10-12-13(25)6-4-7-14(12)26/h4-9H,10H2,1-3H3,(H,32,33)(H,28,29,30,34). The maximum Gasteiger partial charge on any atom is 0.355 e. The van der Waals surface area contributed by atoms with E-state index in [1.807, 2.05) is 0 Å². The lowest BCUT2D eigenvalue weighted by Gasteiger charge is -2.16. The zero-order valence-corrected chi connectivity index (χ0v) is 18.9. The van der Waals surface area contributed by atoms with Crippen LogP contribution in [0.25, 0.3) is 17.2 Å². The number of aromatic carboxylic acids is 1. The van der Waals surface area contributed by atoms with Gasteiger partial charge in [0.05, 0.1) is 16.7 Å². The SMILES string of the molecule is Cc1nc2c(OCc3c(F)cccc3F)cccn2c1-c1nc2c(c(C(=O)O)n1)C(C)(C)C(=O)N2. The Hall–Kier alpha value is -4.41. The summed E-state index contributed by atoms with van der Waals surface area (Å²) < 4.78 is 35.3. The molecule has 178 valence electrons. The van der Waals surface area contributed by atoms with E-state index in [2.05, 4.69) is 20.3 Å². The number of imidazole rings is 1. The van der Waals surface area contributed by atoms with Crippen molar-refractivity contribution in [1.29, 1.82) is 0 Å². The van der Waals surface area contributed by atoms with Gasteiger partial charge >= 0.3 is 5.97 Å². The molecule has 4 heterocycles. The van der Waals surface area contributed by atoms with Crippen LogP contribution in [0.1, 0.15) is 41.2 Å². The predicted octanol–water partition coefficient (Wildman–Crippen LogP) is 3.88. The highest BCUT2D eigenvalue weighted by Crippen LogP contribution is 2.39. The summed E-state index contributed by atoms with van der Waals surface area (Å²) in [7, 11) is 0. The van der Waals surface area contributed by atoms with Crippen LogP contribution < -0.4 is 10.1 Å². The minimum atomic E-state index is -1.29. The zero-order chi connectivity index (χ0) is 25.1. The number of benzene rings is 1. The Morgan fingerprint density at radius 1 is 1.14 bits per heavy atom. The molecule has 0 saturated heterocycles. The van der Waals surface area contributed by atoms with Gasteiger partial charge in [0.15, 0.2) is 22.9 Å². The summed E-state index contributed by atoms with van der Waals surface area (Å²) in [6.45, 7) is 4.53. The van der Waals surface area contributed by atoms with Crippen molar-refractivity contribution in [2.24, 2.45) is 0 Å². The second kappa shape index (κ2) is 7.83. The number of nitrogens with zero attached hydrogens (tertiary/aromatic N) is 4. The number of halogens is 2. The number of carboxylic acids is 1. The topological polar surface area (TPSA) is 119 Å². The third kappa shape index (κ3) is 3.47. The normalized spacial score (nSPS) is 14.1. The Labute approximate surface area is 197 Å². The maximum absolute atomic E-state index is 14.0. The molecule has 0 atom stereocenters. The summed E-state index contributed by atoms with van der Waals surface area (Å²) >= 11 is 0. The molecule has 0 radical (unpaired) electrons. The fourth-order valence-electron chi connectivity index (χ4n) is 4.14. The lowest BCUT2D eigenvalue weighted by atomic mass is 9.85. The maximum atomic E-state index is 14.0. The van der Waals surface area contributed by atoms with Crippen molar-refractivity contribution in [3.8, 4) is 17.3 Å². The molecule has 2 N–H and O–H groups in total. The highest BCUT2D eigenvalue weighted by molar-refractivity contribution is 6.08. The Bertz CT molecular complexity index is 1530. The first-order valence-corrected chi connectivity index (χ1v) is 10.6. The van der Waals surface area contributed by atoms with Gasteiger partial charge in [0.1, 0.15) is 29.8 Å². The molecule has 0 saturated carbocycles. The predicted molar refractivity (Wildman–Crippen MR) is 120 cm³/mol. The van der Waals surface area contributed by atoms with Crippen molar-refractivity contribution in [2.75, 3.05) is 5.32 Å². The average molecular weight is 479 g/mol. The lowest BCUT2D eigenvalue weighted by molar-refractivity contribution is -0.119. The third-order valence-electron chi connectivity index (χ3n) is 5.97. The van der Waals surface area contributed by atoms with Crippen molar-refractivity contribution in [3.05, 3.63) is 70.7 Å². The van der Waals surface area contributed by atoms with E-state index in [4.69, 9.17) is 4.74 Å². The van der Waals surface area contributed by atoms with Gasteiger partial charge in [-0.2, -0.15) is 0 Å². The molecule has 0 spiro atoms. The molecule has 0 bridgehead atoms. The van der Waals surface area contributed by atoms with E-state index in [-0.39, 0.29) is 46.7 Å². The van der Waals surface area contributed by atoms with E-state index in [1.165, 1.54) is 6.07 Å². The van der Waals surface area contributed by atoms with Crippen LogP contribution in [-0.4, -0.2) is 36.3 Å². The Kier molecular flexibility index (Phi) is 5.01. The molecule has 9 nitrogen and oxygen atoms in total. The minimum absolute atomic E-state index is 0.0430. The van der Waals surface area contributed by atoms with Gasteiger partial charge in [-0.25, -0.2) is 28.5 Å². The minimum Gasteiger partial charge on any atom is -0.485 e. The van der Waals surface area contributed by atoms with Crippen molar-refractivity contribution >= 4 is 23.3 Å². The third-order valence-corrected chi connectivity index (χ3v) is 5.97.